The van der Waals surface area contributed by atoms with Crippen molar-refractivity contribution in [2.45, 2.75) is 58.5 Å². The summed E-state index contributed by atoms with van der Waals surface area (Å²) in [5.74, 6) is 2.58. The van der Waals surface area contributed by atoms with Gasteiger partial charge in [0.1, 0.15) is 0 Å². The fraction of sp³-hybridized carbons (Fsp3) is 0.700. The van der Waals surface area contributed by atoms with Crippen molar-refractivity contribution in [3.8, 4) is 0 Å². The molecule has 4 atom stereocenters. The molecular weight excluding hydrogens is 268 g/mol. The third-order valence-corrected chi connectivity index (χ3v) is 5.89. The highest BCUT2D eigenvalue weighted by molar-refractivity contribution is 5.24. The molecule has 2 bridgehead atoms. The molecule has 3 aliphatic rings. The van der Waals surface area contributed by atoms with Gasteiger partial charge in [0.05, 0.1) is 0 Å². The molecule has 4 rings (SSSR count). The van der Waals surface area contributed by atoms with Gasteiger partial charge in [0.25, 0.3) is 0 Å². The predicted octanol–water partition coefficient (Wildman–Crippen LogP) is 4.02. The minimum Gasteiger partial charge on any atom is -0.311 e. The molecule has 2 heteroatoms. The van der Waals surface area contributed by atoms with Crippen LogP contribution in [0.3, 0.4) is 0 Å². The van der Waals surface area contributed by atoms with E-state index in [1.807, 2.05) is 0 Å². The summed E-state index contributed by atoms with van der Waals surface area (Å²) in [4.78, 5) is 2.74. The molecule has 0 saturated carbocycles. The summed E-state index contributed by atoms with van der Waals surface area (Å²) in [6.07, 6.45) is 4.22. The second-order valence-electron chi connectivity index (χ2n) is 7.63. The van der Waals surface area contributed by atoms with Gasteiger partial charge in [-0.05, 0) is 48.3 Å². The zero-order valence-electron chi connectivity index (χ0n) is 14.5. The number of hydrogen-bond donors (Lipinski definition) is 1. The van der Waals surface area contributed by atoms with Gasteiger partial charge in [-0.15, -0.1) is 0 Å². The number of fused-ring (bicyclic) bond motifs is 3. The Morgan fingerprint density at radius 2 is 2.00 bits per heavy atom. The van der Waals surface area contributed by atoms with Gasteiger partial charge >= 0.3 is 0 Å². The minimum atomic E-state index is 0.624. The fourth-order valence-electron chi connectivity index (χ4n) is 4.33. The van der Waals surface area contributed by atoms with E-state index in [9.17, 15) is 0 Å². The van der Waals surface area contributed by atoms with Crippen LogP contribution in [-0.4, -0.2) is 30.6 Å². The second kappa shape index (κ2) is 7.14. The highest BCUT2D eigenvalue weighted by atomic mass is 15.2. The number of rotatable bonds is 6. The first-order valence-corrected chi connectivity index (χ1v) is 9.21. The molecule has 1 aromatic carbocycles. The average molecular weight is 300 g/mol. The average Bonchev–Trinajstić information content (AvgIpc) is 2.56. The Kier molecular flexibility index (Phi) is 5.20. The molecule has 0 spiro atoms. The van der Waals surface area contributed by atoms with E-state index in [2.05, 4.69) is 55.3 Å². The maximum Gasteiger partial charge on any atom is 0.0223 e. The summed E-state index contributed by atoms with van der Waals surface area (Å²) < 4.78 is 0. The van der Waals surface area contributed by atoms with Crippen molar-refractivity contribution in [1.29, 1.82) is 0 Å². The number of hydrogen-bond acceptors (Lipinski definition) is 2. The molecule has 3 heterocycles. The summed E-state index contributed by atoms with van der Waals surface area (Å²) in [5, 5.41) is 3.70. The quantitative estimate of drug-likeness (QED) is 0.853. The highest BCUT2D eigenvalue weighted by Crippen LogP contribution is 2.37. The lowest BCUT2D eigenvalue weighted by molar-refractivity contribution is 0.000333. The predicted molar refractivity (Wildman–Crippen MR) is 94.1 cm³/mol. The summed E-state index contributed by atoms with van der Waals surface area (Å²) >= 11 is 0. The van der Waals surface area contributed by atoms with Crippen molar-refractivity contribution in [3.05, 3.63) is 35.4 Å². The van der Waals surface area contributed by atoms with E-state index in [4.69, 9.17) is 0 Å². The van der Waals surface area contributed by atoms with Gasteiger partial charge < -0.3 is 5.32 Å². The third kappa shape index (κ3) is 3.55. The van der Waals surface area contributed by atoms with Gasteiger partial charge in [-0.25, -0.2) is 0 Å². The molecule has 122 valence electrons. The Morgan fingerprint density at radius 3 is 2.59 bits per heavy atom. The topological polar surface area (TPSA) is 15.3 Å². The second-order valence-corrected chi connectivity index (χ2v) is 7.63. The Balaban J connectivity index is 1.46. The fourth-order valence-corrected chi connectivity index (χ4v) is 4.33. The van der Waals surface area contributed by atoms with E-state index in [1.165, 1.54) is 43.5 Å². The normalized spacial score (nSPS) is 30.9. The molecule has 0 radical (unpaired) electrons. The smallest absolute Gasteiger partial charge is 0.0223 e. The molecule has 0 aromatic heterocycles. The largest absolute Gasteiger partial charge is 0.311 e. The van der Waals surface area contributed by atoms with E-state index in [-0.39, 0.29) is 0 Å². The lowest BCUT2D eigenvalue weighted by Gasteiger charge is -2.50. The van der Waals surface area contributed by atoms with Crippen LogP contribution in [0.1, 0.15) is 57.1 Å². The number of nitrogens with zero attached hydrogens (tertiary/aromatic N) is 1. The first-order valence-electron chi connectivity index (χ1n) is 9.21. The Hall–Kier alpha value is -0.860. The molecule has 22 heavy (non-hydrogen) atoms. The zero-order chi connectivity index (χ0) is 15.5. The van der Waals surface area contributed by atoms with E-state index in [0.717, 1.165) is 31.0 Å². The monoisotopic (exact) mass is 300 g/mol. The zero-order valence-corrected chi connectivity index (χ0v) is 14.5. The van der Waals surface area contributed by atoms with Gasteiger partial charge in [0.2, 0.25) is 0 Å². The summed E-state index contributed by atoms with van der Waals surface area (Å²) in [6.45, 7) is 11.7. The molecule has 3 saturated heterocycles. The number of piperidine rings is 3. The maximum atomic E-state index is 3.70. The van der Waals surface area contributed by atoms with Crippen molar-refractivity contribution in [1.82, 2.24) is 10.2 Å². The lowest BCUT2D eigenvalue weighted by atomic mass is 9.74. The highest BCUT2D eigenvalue weighted by Gasteiger charge is 2.38. The first-order chi connectivity index (χ1) is 10.7. The van der Waals surface area contributed by atoms with Crippen molar-refractivity contribution < 1.29 is 0 Å². The van der Waals surface area contributed by atoms with Crippen LogP contribution in [0.15, 0.2) is 24.3 Å². The van der Waals surface area contributed by atoms with Crippen LogP contribution in [0.5, 0.6) is 0 Å². The molecular formula is C20H32N2. The Bertz CT molecular complexity index is 465. The van der Waals surface area contributed by atoms with E-state index >= 15 is 0 Å². The SMILES string of the molecule is CC[C@H]1CN2CC[C@H]1C[C@@H]2CNCc1ccc(C(C)C)cc1. The van der Waals surface area contributed by atoms with Crippen LogP contribution in [-0.2, 0) is 6.54 Å². The van der Waals surface area contributed by atoms with Gasteiger partial charge in [-0.3, -0.25) is 4.90 Å². The van der Waals surface area contributed by atoms with Crippen molar-refractivity contribution in [2.75, 3.05) is 19.6 Å². The molecule has 1 unspecified atom stereocenters. The Morgan fingerprint density at radius 1 is 1.23 bits per heavy atom. The summed E-state index contributed by atoms with van der Waals surface area (Å²) in [7, 11) is 0. The van der Waals surface area contributed by atoms with Crippen LogP contribution >= 0.6 is 0 Å². The molecule has 1 aromatic rings. The standard InChI is InChI=1S/C20H32N2/c1-4-17-14-22-10-9-19(17)11-20(22)13-21-12-16-5-7-18(8-6-16)15(2)3/h5-8,15,17,19-21H,4,9-14H2,1-3H3/t17-,19-,20+/m0/s1. The molecule has 3 aliphatic heterocycles. The Labute approximate surface area is 136 Å². The van der Waals surface area contributed by atoms with Crippen LogP contribution in [0.4, 0.5) is 0 Å². The van der Waals surface area contributed by atoms with E-state index in [1.54, 1.807) is 0 Å². The number of nitrogens with one attached hydrogen (secondary N) is 1. The van der Waals surface area contributed by atoms with Crippen LogP contribution in [0.25, 0.3) is 0 Å². The van der Waals surface area contributed by atoms with Gasteiger partial charge in [0, 0.05) is 25.7 Å². The van der Waals surface area contributed by atoms with E-state index < -0.39 is 0 Å². The van der Waals surface area contributed by atoms with Crippen LogP contribution in [0.2, 0.25) is 0 Å². The van der Waals surface area contributed by atoms with E-state index in [0.29, 0.717) is 5.92 Å². The van der Waals surface area contributed by atoms with Crippen molar-refractivity contribution in [2.24, 2.45) is 11.8 Å². The molecule has 2 nitrogen and oxygen atoms in total. The van der Waals surface area contributed by atoms with Gasteiger partial charge in [-0.2, -0.15) is 0 Å². The summed E-state index contributed by atoms with van der Waals surface area (Å²) in [5.41, 5.74) is 2.84. The molecule has 3 fully saturated rings. The van der Waals surface area contributed by atoms with Crippen LogP contribution < -0.4 is 5.32 Å². The maximum absolute atomic E-state index is 3.70. The minimum absolute atomic E-state index is 0.624. The van der Waals surface area contributed by atoms with Gasteiger partial charge in [-0.1, -0.05) is 51.5 Å². The molecule has 1 N–H and O–H groups in total. The van der Waals surface area contributed by atoms with Crippen molar-refractivity contribution >= 4 is 0 Å². The first kappa shape index (κ1) is 16.0. The molecule has 0 amide bonds. The third-order valence-electron chi connectivity index (χ3n) is 5.89. The summed E-state index contributed by atoms with van der Waals surface area (Å²) in [6, 6.07) is 9.89. The van der Waals surface area contributed by atoms with Crippen molar-refractivity contribution in [3.63, 3.8) is 0 Å². The molecule has 0 aliphatic carbocycles. The number of benzene rings is 1. The lowest BCUT2D eigenvalue weighted by Crippen LogP contribution is -2.56. The van der Waals surface area contributed by atoms with Crippen LogP contribution in [0, 0.1) is 11.8 Å². The van der Waals surface area contributed by atoms with Gasteiger partial charge in [0.15, 0.2) is 0 Å².